The van der Waals surface area contributed by atoms with Gasteiger partial charge in [-0.05, 0) is 52.4 Å². The molecule has 0 unspecified atom stereocenters. The number of aliphatic carboxylic acids is 1. The molecule has 31 heavy (non-hydrogen) atoms. The zero-order valence-electron chi connectivity index (χ0n) is 18.5. The summed E-state index contributed by atoms with van der Waals surface area (Å²) in [6.07, 6.45) is 13.1. The molecular weight excluding hydrogens is 434 g/mol. The molecule has 3 rings (SSSR count). The van der Waals surface area contributed by atoms with Crippen LogP contribution in [0.5, 0.6) is 0 Å². The molecule has 2 fully saturated rings. The lowest BCUT2D eigenvalue weighted by atomic mass is 9.90. The first-order valence-corrected chi connectivity index (χ1v) is 13.3. The van der Waals surface area contributed by atoms with Crippen LogP contribution in [0, 0.1) is 0 Å². The number of anilines is 1. The van der Waals surface area contributed by atoms with Crippen molar-refractivity contribution in [3.05, 3.63) is 6.20 Å². The number of urea groups is 1. The predicted molar refractivity (Wildman–Crippen MR) is 125 cm³/mol. The van der Waals surface area contributed by atoms with Crippen LogP contribution in [0.3, 0.4) is 0 Å². The number of thiazole rings is 1. The molecule has 2 N–H and O–H groups in total. The molecule has 1 heterocycles. The lowest BCUT2D eigenvalue weighted by Crippen LogP contribution is -2.50. The normalized spacial score (nSPS) is 22.8. The standard InChI is InChI=1S/C22H35N3O4S2/c1-15(2)29-18-11-9-17(10-12-18)25(16-7-5-3-4-6-8-16)22(28)24-21-23-13-20(31-21)30-14-19(26)27/h13,15-18H,3-12,14H2,1-2H3,(H,26,27)(H,23,24,28). The van der Waals surface area contributed by atoms with Gasteiger partial charge in [0.1, 0.15) is 0 Å². The van der Waals surface area contributed by atoms with E-state index < -0.39 is 5.97 Å². The van der Waals surface area contributed by atoms with Gasteiger partial charge < -0.3 is 14.7 Å². The van der Waals surface area contributed by atoms with Crippen LogP contribution in [-0.4, -0.2) is 57.0 Å². The number of aromatic nitrogens is 1. The van der Waals surface area contributed by atoms with Crippen LogP contribution in [-0.2, 0) is 9.53 Å². The highest BCUT2D eigenvalue weighted by molar-refractivity contribution is 8.01. The van der Waals surface area contributed by atoms with Gasteiger partial charge in [-0.3, -0.25) is 10.1 Å². The van der Waals surface area contributed by atoms with Gasteiger partial charge >= 0.3 is 12.0 Å². The van der Waals surface area contributed by atoms with Gasteiger partial charge in [0.05, 0.1) is 28.4 Å². The zero-order chi connectivity index (χ0) is 22.2. The Morgan fingerprint density at radius 3 is 2.42 bits per heavy atom. The van der Waals surface area contributed by atoms with Crippen LogP contribution in [0.4, 0.5) is 9.93 Å². The summed E-state index contributed by atoms with van der Waals surface area (Å²) in [5.41, 5.74) is 0. The Kier molecular flexibility index (Phi) is 9.47. The summed E-state index contributed by atoms with van der Waals surface area (Å²) in [4.78, 5) is 30.6. The van der Waals surface area contributed by atoms with Gasteiger partial charge in [0.25, 0.3) is 0 Å². The summed E-state index contributed by atoms with van der Waals surface area (Å²) in [5.74, 6) is -0.869. The number of ether oxygens (including phenoxy) is 1. The molecule has 0 bridgehead atoms. The monoisotopic (exact) mass is 469 g/mol. The second-order valence-corrected chi connectivity index (χ2v) is 11.1. The minimum atomic E-state index is -0.861. The highest BCUT2D eigenvalue weighted by atomic mass is 32.2. The van der Waals surface area contributed by atoms with Crippen molar-refractivity contribution in [1.82, 2.24) is 9.88 Å². The summed E-state index contributed by atoms with van der Waals surface area (Å²) in [5, 5.41) is 12.4. The maximum Gasteiger partial charge on any atom is 0.324 e. The van der Waals surface area contributed by atoms with Crippen LogP contribution in [0.25, 0.3) is 0 Å². The smallest absolute Gasteiger partial charge is 0.324 e. The van der Waals surface area contributed by atoms with Crippen LogP contribution in [0.1, 0.15) is 78.1 Å². The van der Waals surface area contributed by atoms with E-state index >= 15 is 0 Å². The van der Waals surface area contributed by atoms with Crippen molar-refractivity contribution < 1.29 is 19.4 Å². The maximum atomic E-state index is 13.4. The fourth-order valence-corrected chi connectivity index (χ4v) is 6.26. The highest BCUT2D eigenvalue weighted by Crippen LogP contribution is 2.33. The van der Waals surface area contributed by atoms with Crippen molar-refractivity contribution >= 4 is 40.2 Å². The molecule has 9 heteroatoms. The van der Waals surface area contributed by atoms with E-state index in [2.05, 4.69) is 29.0 Å². The van der Waals surface area contributed by atoms with Crippen LogP contribution in [0.2, 0.25) is 0 Å². The molecule has 174 valence electrons. The second kappa shape index (κ2) is 12.1. The number of nitrogens with one attached hydrogen (secondary N) is 1. The van der Waals surface area contributed by atoms with E-state index in [1.54, 1.807) is 6.20 Å². The number of hydrogen-bond acceptors (Lipinski definition) is 6. The second-order valence-electron chi connectivity index (χ2n) is 8.77. The van der Waals surface area contributed by atoms with E-state index in [1.165, 1.54) is 48.8 Å². The molecular formula is C22H35N3O4S2. The number of thioether (sulfide) groups is 1. The number of nitrogens with zero attached hydrogens (tertiary/aromatic N) is 2. The topological polar surface area (TPSA) is 91.8 Å². The minimum absolute atomic E-state index is 0.00846. The number of amides is 2. The first-order chi connectivity index (χ1) is 14.9. The van der Waals surface area contributed by atoms with Gasteiger partial charge in [0, 0.05) is 12.1 Å². The number of carboxylic acid groups (broad SMARTS) is 1. The number of hydrogen-bond donors (Lipinski definition) is 2. The molecule has 2 aliphatic rings. The van der Waals surface area contributed by atoms with Crippen LogP contribution >= 0.6 is 23.1 Å². The Morgan fingerprint density at radius 1 is 1.16 bits per heavy atom. The van der Waals surface area contributed by atoms with Gasteiger partial charge in [0.2, 0.25) is 0 Å². The fourth-order valence-electron chi connectivity index (χ4n) is 4.68. The van der Waals surface area contributed by atoms with Crippen LogP contribution < -0.4 is 5.32 Å². The molecule has 2 aliphatic carbocycles. The Labute approximate surface area is 193 Å². The molecule has 0 aliphatic heterocycles. The molecule has 0 aromatic carbocycles. The quantitative estimate of drug-likeness (QED) is 0.380. The molecule has 2 amide bonds. The van der Waals surface area contributed by atoms with Crippen molar-refractivity contribution in [2.24, 2.45) is 0 Å². The lowest BCUT2D eigenvalue weighted by Gasteiger charge is -2.41. The summed E-state index contributed by atoms with van der Waals surface area (Å²) >= 11 is 2.56. The third-order valence-electron chi connectivity index (χ3n) is 5.99. The molecule has 0 radical (unpaired) electrons. The molecule has 0 spiro atoms. The fraction of sp³-hybridized carbons (Fsp3) is 0.773. The van der Waals surface area contributed by atoms with Crippen molar-refractivity contribution in [2.45, 2.75) is 107 Å². The third-order valence-corrected chi connectivity index (χ3v) is 8.08. The van der Waals surface area contributed by atoms with E-state index in [4.69, 9.17) is 9.84 Å². The van der Waals surface area contributed by atoms with Crippen molar-refractivity contribution in [1.29, 1.82) is 0 Å². The Hall–Kier alpha value is -1.32. The van der Waals surface area contributed by atoms with Gasteiger partial charge in [0.15, 0.2) is 5.13 Å². The van der Waals surface area contributed by atoms with Gasteiger partial charge in [-0.2, -0.15) is 0 Å². The molecule has 2 saturated carbocycles. The van der Waals surface area contributed by atoms with Crippen molar-refractivity contribution in [2.75, 3.05) is 11.1 Å². The lowest BCUT2D eigenvalue weighted by molar-refractivity contribution is -0.133. The van der Waals surface area contributed by atoms with Gasteiger partial charge in [-0.1, -0.05) is 37.0 Å². The number of carbonyl (C=O) groups excluding carboxylic acids is 1. The molecule has 0 saturated heterocycles. The average molecular weight is 470 g/mol. The van der Waals surface area contributed by atoms with Crippen LogP contribution in [0.15, 0.2) is 10.4 Å². The molecule has 0 atom stereocenters. The average Bonchev–Trinajstić information content (AvgIpc) is 2.99. The molecule has 1 aromatic heterocycles. The molecule has 7 nitrogen and oxygen atoms in total. The zero-order valence-corrected chi connectivity index (χ0v) is 20.2. The van der Waals surface area contributed by atoms with E-state index in [0.29, 0.717) is 11.2 Å². The van der Waals surface area contributed by atoms with Gasteiger partial charge in [-0.25, -0.2) is 9.78 Å². The first kappa shape index (κ1) is 24.3. The Balaban J connectivity index is 1.66. The van der Waals surface area contributed by atoms with Crippen molar-refractivity contribution in [3.63, 3.8) is 0 Å². The van der Waals surface area contributed by atoms with E-state index in [0.717, 1.165) is 42.7 Å². The summed E-state index contributed by atoms with van der Waals surface area (Å²) < 4.78 is 6.81. The summed E-state index contributed by atoms with van der Waals surface area (Å²) in [6, 6.07) is 0.441. The largest absolute Gasteiger partial charge is 0.481 e. The Morgan fingerprint density at radius 2 is 1.81 bits per heavy atom. The SMILES string of the molecule is CC(C)OC1CCC(N(C(=O)Nc2ncc(SCC(=O)O)s2)C2CCCCCC2)CC1. The number of rotatable bonds is 8. The molecule has 1 aromatic rings. The minimum Gasteiger partial charge on any atom is -0.481 e. The predicted octanol–water partition coefficient (Wildman–Crippen LogP) is 5.61. The van der Waals surface area contributed by atoms with E-state index in [-0.39, 0.29) is 30.0 Å². The third kappa shape index (κ3) is 7.64. The summed E-state index contributed by atoms with van der Waals surface area (Å²) in [7, 11) is 0. The van der Waals surface area contributed by atoms with E-state index in [9.17, 15) is 9.59 Å². The van der Waals surface area contributed by atoms with Gasteiger partial charge in [-0.15, -0.1) is 11.8 Å². The number of carbonyl (C=O) groups is 2. The summed E-state index contributed by atoms with van der Waals surface area (Å²) in [6.45, 7) is 4.16. The first-order valence-electron chi connectivity index (χ1n) is 11.5. The maximum absolute atomic E-state index is 13.4. The Bertz CT molecular complexity index is 711. The van der Waals surface area contributed by atoms with E-state index in [1.807, 2.05) is 0 Å². The highest BCUT2D eigenvalue weighted by Gasteiger charge is 2.34. The number of carboxylic acids is 1. The van der Waals surface area contributed by atoms with Crippen molar-refractivity contribution in [3.8, 4) is 0 Å².